The number of hydrogen-bond acceptors (Lipinski definition) is 5. The van der Waals surface area contributed by atoms with Crippen molar-refractivity contribution in [2.24, 2.45) is 0 Å². The number of ether oxygens (including phenoxy) is 3. The molecule has 0 fully saturated rings. The predicted octanol–water partition coefficient (Wildman–Crippen LogP) is 1.68. The summed E-state index contributed by atoms with van der Waals surface area (Å²) < 4.78 is 18.3. The second kappa shape index (κ2) is 5.65. The van der Waals surface area contributed by atoms with Crippen LogP contribution in [-0.2, 0) is 13.1 Å². The largest absolute Gasteiger partial charge is 0.496 e. The lowest BCUT2D eigenvalue weighted by Crippen LogP contribution is -2.27. The molecule has 1 aliphatic heterocycles. The van der Waals surface area contributed by atoms with Crippen LogP contribution in [0.5, 0.6) is 17.2 Å². The van der Waals surface area contributed by atoms with Crippen molar-refractivity contribution in [2.75, 3.05) is 27.9 Å². The van der Waals surface area contributed by atoms with Crippen molar-refractivity contribution in [1.82, 2.24) is 14.9 Å². The van der Waals surface area contributed by atoms with Gasteiger partial charge in [0.25, 0.3) is 0 Å². The summed E-state index contributed by atoms with van der Waals surface area (Å²) in [6.07, 6.45) is 2.06. The minimum absolute atomic E-state index is 0.642. The van der Waals surface area contributed by atoms with Crippen molar-refractivity contribution in [3.8, 4) is 28.5 Å². The number of nitrogens with zero attached hydrogens (tertiary/aromatic N) is 2. The molecule has 3 rings (SSSR count). The molecule has 6 nitrogen and oxygen atoms in total. The van der Waals surface area contributed by atoms with Crippen molar-refractivity contribution >= 4 is 0 Å². The Morgan fingerprint density at radius 1 is 1.05 bits per heavy atom. The van der Waals surface area contributed by atoms with Crippen LogP contribution in [0.3, 0.4) is 0 Å². The summed E-state index contributed by atoms with van der Waals surface area (Å²) in [6, 6.07) is 3.73. The van der Waals surface area contributed by atoms with E-state index in [1.807, 2.05) is 12.1 Å². The summed E-state index contributed by atoms with van der Waals surface area (Å²) in [4.78, 5) is 4.68. The predicted molar refractivity (Wildman–Crippen MR) is 79.0 cm³/mol. The SMILES string of the molecule is COc1cc(OC)c(-c2cn3c(n2)CNCC3)cc1OC. The fraction of sp³-hybridized carbons (Fsp3) is 0.400. The summed E-state index contributed by atoms with van der Waals surface area (Å²) in [5.41, 5.74) is 1.78. The fourth-order valence-corrected chi connectivity index (χ4v) is 2.55. The highest BCUT2D eigenvalue weighted by Crippen LogP contribution is 2.39. The molecule has 1 aromatic heterocycles. The van der Waals surface area contributed by atoms with Gasteiger partial charge in [0.15, 0.2) is 11.5 Å². The van der Waals surface area contributed by atoms with Crippen LogP contribution in [0.15, 0.2) is 18.3 Å². The highest BCUT2D eigenvalue weighted by atomic mass is 16.5. The Bertz CT molecular complexity index is 628. The van der Waals surface area contributed by atoms with Gasteiger partial charge in [-0.15, -0.1) is 0 Å². The van der Waals surface area contributed by atoms with Gasteiger partial charge in [-0.05, 0) is 6.07 Å². The number of rotatable bonds is 4. The van der Waals surface area contributed by atoms with Crippen LogP contribution in [0.2, 0.25) is 0 Å². The number of hydrogen-bond donors (Lipinski definition) is 1. The van der Waals surface area contributed by atoms with E-state index in [1.165, 1.54) is 0 Å². The maximum atomic E-state index is 5.47. The Kier molecular flexibility index (Phi) is 3.70. The molecule has 0 saturated carbocycles. The van der Waals surface area contributed by atoms with Gasteiger partial charge in [0.1, 0.15) is 11.6 Å². The number of nitrogens with one attached hydrogen (secondary N) is 1. The van der Waals surface area contributed by atoms with Crippen LogP contribution in [0.4, 0.5) is 0 Å². The summed E-state index contributed by atoms with van der Waals surface area (Å²) in [7, 11) is 4.87. The first-order valence-corrected chi connectivity index (χ1v) is 6.84. The standard InChI is InChI=1S/C15H19N3O3/c1-19-12-7-14(21-3)13(20-2)6-10(12)11-9-18-5-4-16-8-15(18)17-11/h6-7,9,16H,4-5,8H2,1-3H3. The lowest BCUT2D eigenvalue weighted by molar-refractivity contribution is 0.349. The second-order valence-corrected chi connectivity index (χ2v) is 4.82. The Morgan fingerprint density at radius 3 is 2.43 bits per heavy atom. The van der Waals surface area contributed by atoms with Crippen molar-refractivity contribution in [1.29, 1.82) is 0 Å². The van der Waals surface area contributed by atoms with E-state index in [4.69, 9.17) is 14.2 Å². The van der Waals surface area contributed by atoms with Crippen LogP contribution in [0, 0.1) is 0 Å². The summed E-state index contributed by atoms with van der Waals surface area (Å²) in [5, 5.41) is 3.32. The first-order valence-electron chi connectivity index (χ1n) is 6.84. The smallest absolute Gasteiger partial charge is 0.164 e. The normalized spacial score (nSPS) is 13.7. The lowest BCUT2D eigenvalue weighted by Gasteiger charge is -2.13. The maximum absolute atomic E-state index is 5.47. The second-order valence-electron chi connectivity index (χ2n) is 4.82. The van der Waals surface area contributed by atoms with Crippen LogP contribution < -0.4 is 19.5 Å². The van der Waals surface area contributed by atoms with Crippen molar-refractivity contribution in [2.45, 2.75) is 13.1 Å². The number of aromatic nitrogens is 2. The number of imidazole rings is 1. The summed E-state index contributed by atoms with van der Waals surface area (Å²) >= 11 is 0. The molecule has 1 aromatic carbocycles. The number of methoxy groups -OCH3 is 3. The third-order valence-electron chi connectivity index (χ3n) is 3.65. The van der Waals surface area contributed by atoms with Gasteiger partial charge < -0.3 is 24.1 Å². The van der Waals surface area contributed by atoms with Crippen molar-refractivity contribution in [3.05, 3.63) is 24.2 Å². The lowest BCUT2D eigenvalue weighted by atomic mass is 10.1. The average molecular weight is 289 g/mol. The average Bonchev–Trinajstić information content (AvgIpc) is 2.97. The number of fused-ring (bicyclic) bond motifs is 1. The minimum Gasteiger partial charge on any atom is -0.496 e. The third kappa shape index (κ3) is 2.42. The van der Waals surface area contributed by atoms with Gasteiger partial charge in [-0.25, -0.2) is 4.98 Å². The maximum Gasteiger partial charge on any atom is 0.164 e. The molecule has 0 aliphatic carbocycles. The zero-order chi connectivity index (χ0) is 14.8. The van der Waals surface area contributed by atoms with E-state index in [-0.39, 0.29) is 0 Å². The van der Waals surface area contributed by atoms with Crippen molar-refractivity contribution in [3.63, 3.8) is 0 Å². The van der Waals surface area contributed by atoms with Gasteiger partial charge in [0.2, 0.25) is 0 Å². The van der Waals surface area contributed by atoms with E-state index in [1.54, 1.807) is 21.3 Å². The molecule has 21 heavy (non-hydrogen) atoms. The monoisotopic (exact) mass is 289 g/mol. The highest BCUT2D eigenvalue weighted by Gasteiger charge is 2.18. The Balaban J connectivity index is 2.10. The highest BCUT2D eigenvalue weighted by molar-refractivity contribution is 5.71. The quantitative estimate of drug-likeness (QED) is 0.928. The van der Waals surface area contributed by atoms with Gasteiger partial charge in [0, 0.05) is 30.9 Å². The summed E-state index contributed by atoms with van der Waals surface area (Å²) in [6.45, 7) is 2.68. The molecule has 112 valence electrons. The van der Waals surface area contributed by atoms with Crippen LogP contribution in [0.25, 0.3) is 11.3 Å². The van der Waals surface area contributed by atoms with E-state index in [0.29, 0.717) is 11.5 Å². The molecule has 0 unspecified atom stereocenters. The fourth-order valence-electron chi connectivity index (χ4n) is 2.55. The van der Waals surface area contributed by atoms with Crippen molar-refractivity contribution < 1.29 is 14.2 Å². The Hall–Kier alpha value is -2.21. The molecule has 0 radical (unpaired) electrons. The van der Waals surface area contributed by atoms with Gasteiger partial charge in [0.05, 0.1) is 33.6 Å². The Morgan fingerprint density at radius 2 is 1.76 bits per heavy atom. The first kappa shape index (κ1) is 13.8. The molecule has 0 bridgehead atoms. The van der Waals surface area contributed by atoms with Gasteiger partial charge in [-0.2, -0.15) is 0 Å². The molecule has 2 aromatic rings. The molecule has 2 heterocycles. The van der Waals surface area contributed by atoms with E-state index in [2.05, 4.69) is 21.1 Å². The van der Waals surface area contributed by atoms with E-state index in [9.17, 15) is 0 Å². The van der Waals surface area contributed by atoms with E-state index >= 15 is 0 Å². The van der Waals surface area contributed by atoms with Gasteiger partial charge in [-0.1, -0.05) is 0 Å². The van der Waals surface area contributed by atoms with Crippen LogP contribution in [-0.4, -0.2) is 37.4 Å². The number of benzene rings is 1. The summed E-state index contributed by atoms with van der Waals surface area (Å²) in [5.74, 6) is 3.06. The molecular weight excluding hydrogens is 270 g/mol. The zero-order valence-electron chi connectivity index (χ0n) is 12.5. The minimum atomic E-state index is 0.642. The zero-order valence-corrected chi connectivity index (χ0v) is 12.5. The molecular formula is C15H19N3O3. The molecule has 0 amide bonds. The topological polar surface area (TPSA) is 57.5 Å². The van der Waals surface area contributed by atoms with E-state index in [0.717, 1.165) is 42.5 Å². The molecule has 0 saturated heterocycles. The van der Waals surface area contributed by atoms with Gasteiger partial charge in [-0.3, -0.25) is 0 Å². The molecule has 6 heteroatoms. The van der Waals surface area contributed by atoms with Crippen LogP contribution in [0.1, 0.15) is 5.82 Å². The first-order chi connectivity index (χ1) is 10.3. The molecule has 0 atom stereocenters. The Labute approximate surface area is 123 Å². The van der Waals surface area contributed by atoms with Gasteiger partial charge >= 0.3 is 0 Å². The van der Waals surface area contributed by atoms with Crippen LogP contribution >= 0.6 is 0 Å². The third-order valence-corrected chi connectivity index (χ3v) is 3.65. The van der Waals surface area contributed by atoms with E-state index < -0.39 is 0 Å². The molecule has 0 spiro atoms. The molecule has 1 aliphatic rings. The molecule has 1 N–H and O–H groups in total.